The monoisotopic (exact) mass is 317 g/mol. The molecule has 5 heteroatoms. The summed E-state index contributed by atoms with van der Waals surface area (Å²) in [5.74, 6) is 0.155. The first kappa shape index (κ1) is 16.5. The Morgan fingerprint density at radius 2 is 1.86 bits per heavy atom. The first-order valence-electron chi connectivity index (χ1n) is 7.37. The highest BCUT2D eigenvalue weighted by molar-refractivity contribution is 7.09. The van der Waals surface area contributed by atoms with Gasteiger partial charge in [-0.3, -0.25) is 4.79 Å². The Kier molecular flexibility index (Phi) is 5.55. The van der Waals surface area contributed by atoms with Gasteiger partial charge in [0, 0.05) is 38.6 Å². The zero-order chi connectivity index (χ0) is 16.1. The van der Waals surface area contributed by atoms with Gasteiger partial charge in [-0.25, -0.2) is 4.98 Å². The molecule has 0 fully saturated rings. The molecule has 1 aromatic heterocycles. The number of benzene rings is 1. The molecule has 0 radical (unpaired) electrons. The van der Waals surface area contributed by atoms with Crippen molar-refractivity contribution in [1.82, 2.24) is 9.88 Å². The number of rotatable bonds is 6. The number of hydrogen-bond donors (Lipinski definition) is 0. The number of aryl methyl sites for hydroxylation is 2. The number of anilines is 1. The number of hydrogen-bond acceptors (Lipinski definition) is 4. The van der Waals surface area contributed by atoms with Gasteiger partial charge >= 0.3 is 0 Å². The summed E-state index contributed by atoms with van der Waals surface area (Å²) in [5.41, 5.74) is 3.33. The van der Waals surface area contributed by atoms with Crippen LogP contribution in [-0.2, 0) is 17.8 Å². The number of thiazole rings is 1. The minimum absolute atomic E-state index is 0.155. The maximum absolute atomic E-state index is 12.2. The fourth-order valence-corrected chi connectivity index (χ4v) is 2.82. The minimum Gasteiger partial charge on any atom is -0.378 e. The van der Waals surface area contributed by atoms with Crippen molar-refractivity contribution >= 4 is 22.9 Å². The second kappa shape index (κ2) is 7.40. The maximum Gasteiger partial charge on any atom is 0.222 e. The SMILES string of the molecule is Cc1nc(CN(C)C(=O)CCc2ccc(N(C)C)cc2)cs1. The quantitative estimate of drug-likeness (QED) is 0.821. The Morgan fingerprint density at radius 1 is 1.18 bits per heavy atom. The highest BCUT2D eigenvalue weighted by atomic mass is 32.1. The number of carbonyl (C=O) groups is 1. The van der Waals surface area contributed by atoms with Gasteiger partial charge in [-0.2, -0.15) is 0 Å². The number of amides is 1. The molecule has 0 atom stereocenters. The van der Waals surface area contributed by atoms with Gasteiger partial charge in [0.25, 0.3) is 0 Å². The van der Waals surface area contributed by atoms with Crippen molar-refractivity contribution in [1.29, 1.82) is 0 Å². The number of carbonyl (C=O) groups excluding carboxylic acids is 1. The van der Waals surface area contributed by atoms with E-state index in [0.717, 1.165) is 17.1 Å². The highest BCUT2D eigenvalue weighted by Crippen LogP contribution is 2.14. The van der Waals surface area contributed by atoms with Crippen molar-refractivity contribution in [3.05, 3.63) is 45.9 Å². The van der Waals surface area contributed by atoms with E-state index in [1.54, 1.807) is 16.2 Å². The molecule has 2 rings (SSSR count). The molecule has 22 heavy (non-hydrogen) atoms. The third kappa shape index (κ3) is 4.56. The Bertz CT molecular complexity index is 619. The van der Waals surface area contributed by atoms with E-state index >= 15 is 0 Å². The van der Waals surface area contributed by atoms with Crippen molar-refractivity contribution in [2.45, 2.75) is 26.3 Å². The molecule has 1 heterocycles. The summed E-state index contributed by atoms with van der Waals surface area (Å²) >= 11 is 1.62. The second-order valence-corrected chi connectivity index (χ2v) is 6.73. The van der Waals surface area contributed by atoms with Crippen LogP contribution in [-0.4, -0.2) is 36.9 Å². The fourth-order valence-electron chi connectivity index (χ4n) is 2.21. The standard InChI is InChI=1S/C17H23N3OS/c1-13-18-15(12-22-13)11-20(4)17(21)10-7-14-5-8-16(9-6-14)19(2)3/h5-6,8-9,12H,7,10-11H2,1-4H3. The Morgan fingerprint density at radius 3 is 2.41 bits per heavy atom. The van der Waals surface area contributed by atoms with Crippen LogP contribution in [0.3, 0.4) is 0 Å². The number of nitrogens with zero attached hydrogens (tertiary/aromatic N) is 3. The molecule has 0 spiro atoms. The van der Waals surface area contributed by atoms with Crippen molar-refractivity contribution in [2.24, 2.45) is 0 Å². The summed E-state index contributed by atoms with van der Waals surface area (Å²) in [4.78, 5) is 20.4. The van der Waals surface area contributed by atoms with Crippen molar-refractivity contribution in [3.8, 4) is 0 Å². The minimum atomic E-state index is 0.155. The van der Waals surface area contributed by atoms with Crippen LogP contribution in [0.5, 0.6) is 0 Å². The van der Waals surface area contributed by atoms with Gasteiger partial charge in [0.15, 0.2) is 0 Å². The predicted molar refractivity (Wildman–Crippen MR) is 92.4 cm³/mol. The Hall–Kier alpha value is -1.88. The van der Waals surface area contributed by atoms with Crippen LogP contribution in [0.1, 0.15) is 22.7 Å². The highest BCUT2D eigenvalue weighted by Gasteiger charge is 2.11. The van der Waals surface area contributed by atoms with Crippen molar-refractivity contribution < 1.29 is 4.79 Å². The third-order valence-corrected chi connectivity index (χ3v) is 4.39. The van der Waals surface area contributed by atoms with Gasteiger partial charge in [-0.15, -0.1) is 11.3 Å². The Balaban J connectivity index is 1.83. The molecule has 4 nitrogen and oxygen atoms in total. The van der Waals surface area contributed by atoms with Crippen molar-refractivity contribution in [2.75, 3.05) is 26.0 Å². The molecule has 0 aliphatic carbocycles. The average molecular weight is 317 g/mol. The second-order valence-electron chi connectivity index (χ2n) is 5.67. The number of aromatic nitrogens is 1. The van der Waals surface area contributed by atoms with Crippen LogP contribution in [0, 0.1) is 6.92 Å². The first-order chi connectivity index (χ1) is 10.5. The van der Waals surface area contributed by atoms with E-state index in [1.807, 2.05) is 33.4 Å². The maximum atomic E-state index is 12.2. The lowest BCUT2D eigenvalue weighted by Crippen LogP contribution is -2.26. The average Bonchev–Trinajstić information content (AvgIpc) is 2.90. The lowest BCUT2D eigenvalue weighted by atomic mass is 10.1. The van der Waals surface area contributed by atoms with Crippen LogP contribution < -0.4 is 4.90 Å². The molecule has 0 bridgehead atoms. The summed E-state index contributed by atoms with van der Waals surface area (Å²) < 4.78 is 0. The molecule has 2 aromatic rings. The van der Waals surface area contributed by atoms with Gasteiger partial charge < -0.3 is 9.80 Å². The molecule has 0 saturated carbocycles. The molecule has 1 amide bonds. The largest absolute Gasteiger partial charge is 0.378 e. The van der Waals surface area contributed by atoms with Crippen molar-refractivity contribution in [3.63, 3.8) is 0 Å². The van der Waals surface area contributed by atoms with Crippen LogP contribution >= 0.6 is 11.3 Å². The van der Waals surface area contributed by atoms with E-state index in [1.165, 1.54) is 11.3 Å². The lowest BCUT2D eigenvalue weighted by Gasteiger charge is -2.16. The molecular formula is C17H23N3OS. The summed E-state index contributed by atoms with van der Waals surface area (Å²) in [6, 6.07) is 8.35. The lowest BCUT2D eigenvalue weighted by molar-refractivity contribution is -0.130. The first-order valence-corrected chi connectivity index (χ1v) is 8.25. The van der Waals surface area contributed by atoms with E-state index < -0.39 is 0 Å². The van der Waals surface area contributed by atoms with Gasteiger partial charge in [-0.1, -0.05) is 12.1 Å². The van der Waals surface area contributed by atoms with Crippen LogP contribution in [0.4, 0.5) is 5.69 Å². The van der Waals surface area contributed by atoms with E-state index in [4.69, 9.17) is 0 Å². The van der Waals surface area contributed by atoms with Gasteiger partial charge in [0.2, 0.25) is 5.91 Å². The molecule has 0 N–H and O–H groups in total. The summed E-state index contributed by atoms with van der Waals surface area (Å²) in [6.07, 6.45) is 1.30. The molecule has 1 aromatic carbocycles. The summed E-state index contributed by atoms with van der Waals surface area (Å²) in [6.45, 7) is 2.57. The van der Waals surface area contributed by atoms with Gasteiger partial charge in [0.05, 0.1) is 17.2 Å². The van der Waals surface area contributed by atoms with Gasteiger partial charge in [0.1, 0.15) is 0 Å². The van der Waals surface area contributed by atoms with Crippen LogP contribution in [0.2, 0.25) is 0 Å². The topological polar surface area (TPSA) is 36.4 Å². The molecule has 0 aliphatic heterocycles. The van der Waals surface area contributed by atoms with Crippen LogP contribution in [0.15, 0.2) is 29.6 Å². The molecule has 0 saturated heterocycles. The van der Waals surface area contributed by atoms with E-state index in [0.29, 0.717) is 13.0 Å². The van der Waals surface area contributed by atoms with Crippen LogP contribution in [0.25, 0.3) is 0 Å². The molecule has 0 aliphatic rings. The van der Waals surface area contributed by atoms with E-state index in [-0.39, 0.29) is 5.91 Å². The van der Waals surface area contributed by atoms with Gasteiger partial charge in [-0.05, 0) is 31.0 Å². The zero-order valence-corrected chi connectivity index (χ0v) is 14.5. The smallest absolute Gasteiger partial charge is 0.222 e. The Labute approximate surface area is 136 Å². The molecular weight excluding hydrogens is 294 g/mol. The predicted octanol–water partition coefficient (Wildman–Crippen LogP) is 3.11. The zero-order valence-electron chi connectivity index (χ0n) is 13.7. The summed E-state index contributed by atoms with van der Waals surface area (Å²) in [7, 11) is 5.88. The fraction of sp³-hybridized carbons (Fsp3) is 0.412. The third-order valence-electron chi connectivity index (χ3n) is 3.57. The normalized spacial score (nSPS) is 10.5. The van der Waals surface area contributed by atoms with E-state index in [2.05, 4.69) is 34.1 Å². The van der Waals surface area contributed by atoms with E-state index in [9.17, 15) is 4.79 Å². The molecule has 0 unspecified atom stereocenters. The summed E-state index contributed by atoms with van der Waals surface area (Å²) in [5, 5.41) is 3.05. The molecule has 118 valence electrons.